The van der Waals surface area contributed by atoms with E-state index < -0.39 is 17.2 Å². The summed E-state index contributed by atoms with van der Waals surface area (Å²) in [5.74, 6) is 2.14. The summed E-state index contributed by atoms with van der Waals surface area (Å²) in [7, 11) is 0. The molecule has 3 aliphatic rings. The van der Waals surface area contributed by atoms with E-state index in [1.807, 2.05) is 26.0 Å². The second-order valence-corrected chi connectivity index (χ2v) is 11.5. The Morgan fingerprint density at radius 2 is 1.59 bits per heavy atom. The first-order chi connectivity index (χ1) is 16.3. The van der Waals surface area contributed by atoms with Gasteiger partial charge < -0.3 is 4.74 Å². The van der Waals surface area contributed by atoms with Crippen LogP contribution in [0.5, 0.6) is 0 Å². The highest BCUT2D eigenvalue weighted by molar-refractivity contribution is 5.96. The fourth-order valence-electron chi connectivity index (χ4n) is 6.56. The highest BCUT2D eigenvalue weighted by Crippen LogP contribution is 2.48. The van der Waals surface area contributed by atoms with Crippen LogP contribution in [0.2, 0.25) is 0 Å². The molecule has 0 saturated heterocycles. The number of halogens is 2. The molecular weight excluding hydrogens is 428 g/mol. The summed E-state index contributed by atoms with van der Waals surface area (Å²) < 4.78 is 35.3. The SMILES string of the molecule is CCCC1CCC2CC(c3ccc(-c4cc(F)c(C5=NC(C)(C)CO5)c(F)c4)cc3)CCC2C1. The van der Waals surface area contributed by atoms with Crippen molar-refractivity contribution in [3.8, 4) is 11.1 Å². The molecule has 4 heteroatoms. The lowest BCUT2D eigenvalue weighted by Gasteiger charge is -2.42. The van der Waals surface area contributed by atoms with Crippen LogP contribution in [0.4, 0.5) is 8.78 Å². The number of hydrogen-bond donors (Lipinski definition) is 0. The summed E-state index contributed by atoms with van der Waals surface area (Å²) in [5.41, 5.74) is 2.11. The monoisotopic (exact) mass is 465 g/mol. The average Bonchev–Trinajstić information content (AvgIpc) is 3.17. The van der Waals surface area contributed by atoms with Crippen molar-refractivity contribution in [1.82, 2.24) is 0 Å². The molecule has 0 spiro atoms. The molecule has 2 aromatic rings. The van der Waals surface area contributed by atoms with Gasteiger partial charge >= 0.3 is 0 Å². The molecule has 2 aliphatic carbocycles. The topological polar surface area (TPSA) is 21.6 Å². The van der Waals surface area contributed by atoms with Gasteiger partial charge in [0.25, 0.3) is 0 Å². The molecule has 0 amide bonds. The van der Waals surface area contributed by atoms with Crippen LogP contribution in [-0.2, 0) is 4.74 Å². The number of aliphatic imine (C=N–C) groups is 1. The predicted molar refractivity (Wildman–Crippen MR) is 134 cm³/mol. The van der Waals surface area contributed by atoms with Crippen LogP contribution in [0.25, 0.3) is 11.1 Å². The average molecular weight is 466 g/mol. The zero-order valence-corrected chi connectivity index (χ0v) is 20.7. The van der Waals surface area contributed by atoms with Gasteiger partial charge in [0, 0.05) is 0 Å². The first-order valence-corrected chi connectivity index (χ1v) is 13.2. The minimum atomic E-state index is -0.632. The quantitative estimate of drug-likeness (QED) is 0.435. The lowest BCUT2D eigenvalue weighted by molar-refractivity contribution is 0.114. The van der Waals surface area contributed by atoms with Crippen LogP contribution >= 0.6 is 0 Å². The van der Waals surface area contributed by atoms with Gasteiger partial charge in [0.2, 0.25) is 5.90 Å². The van der Waals surface area contributed by atoms with Gasteiger partial charge in [-0.05, 0) is 98.4 Å². The number of fused-ring (bicyclic) bond motifs is 1. The zero-order valence-electron chi connectivity index (χ0n) is 20.7. The van der Waals surface area contributed by atoms with Crippen LogP contribution in [0.15, 0.2) is 41.4 Å². The number of ether oxygens (including phenoxy) is 1. The Hall–Kier alpha value is -2.23. The minimum absolute atomic E-state index is 0.0567. The van der Waals surface area contributed by atoms with Crippen molar-refractivity contribution in [2.75, 3.05) is 6.61 Å². The van der Waals surface area contributed by atoms with Gasteiger partial charge in [0.1, 0.15) is 23.8 Å². The third-order valence-electron chi connectivity index (χ3n) is 8.36. The van der Waals surface area contributed by atoms with Gasteiger partial charge in [-0.3, -0.25) is 0 Å². The molecule has 0 N–H and O–H groups in total. The normalized spacial score (nSPS) is 28.2. The van der Waals surface area contributed by atoms with E-state index >= 15 is 0 Å². The number of benzene rings is 2. The first-order valence-electron chi connectivity index (χ1n) is 13.2. The van der Waals surface area contributed by atoms with Gasteiger partial charge in [-0.2, -0.15) is 0 Å². The third kappa shape index (κ3) is 4.78. The lowest BCUT2D eigenvalue weighted by atomic mass is 9.63. The van der Waals surface area contributed by atoms with Crippen LogP contribution in [0, 0.1) is 29.4 Å². The Morgan fingerprint density at radius 3 is 2.24 bits per heavy atom. The maximum Gasteiger partial charge on any atom is 0.222 e. The van der Waals surface area contributed by atoms with E-state index in [4.69, 9.17) is 4.74 Å². The molecule has 1 aliphatic heterocycles. The molecule has 4 atom stereocenters. The standard InChI is InChI=1S/C30H37F2NO/c1-4-5-19-6-7-24-15-23(13-12-22(24)14-19)20-8-10-21(11-9-20)25-16-26(31)28(27(32)17-25)29-33-30(2,3)18-34-29/h8-11,16-17,19,22-24H,4-7,12-15,18H2,1-3H3. The van der Waals surface area contributed by atoms with E-state index in [0.29, 0.717) is 18.1 Å². The van der Waals surface area contributed by atoms with Gasteiger partial charge in [-0.1, -0.05) is 50.5 Å². The summed E-state index contributed by atoms with van der Waals surface area (Å²) in [4.78, 5) is 4.33. The Labute approximate surface area is 202 Å². The smallest absolute Gasteiger partial charge is 0.222 e. The van der Waals surface area contributed by atoms with E-state index in [2.05, 4.69) is 24.0 Å². The molecular formula is C30H37F2NO. The fourth-order valence-corrected chi connectivity index (χ4v) is 6.56. The third-order valence-corrected chi connectivity index (χ3v) is 8.36. The van der Waals surface area contributed by atoms with E-state index in [-0.39, 0.29) is 11.5 Å². The molecule has 2 fully saturated rings. The van der Waals surface area contributed by atoms with Crippen molar-refractivity contribution >= 4 is 5.90 Å². The van der Waals surface area contributed by atoms with Crippen molar-refractivity contribution in [2.24, 2.45) is 22.7 Å². The molecule has 2 aromatic carbocycles. The Bertz CT molecular complexity index is 1030. The van der Waals surface area contributed by atoms with Crippen molar-refractivity contribution in [2.45, 2.75) is 83.6 Å². The molecule has 5 rings (SSSR count). The van der Waals surface area contributed by atoms with Crippen LogP contribution in [-0.4, -0.2) is 18.0 Å². The zero-order chi connectivity index (χ0) is 23.9. The minimum Gasteiger partial charge on any atom is -0.475 e. The Morgan fingerprint density at radius 1 is 0.912 bits per heavy atom. The molecule has 1 heterocycles. The second-order valence-electron chi connectivity index (χ2n) is 11.5. The Balaban J connectivity index is 1.29. The highest BCUT2D eigenvalue weighted by Gasteiger charge is 2.36. The van der Waals surface area contributed by atoms with E-state index in [9.17, 15) is 8.78 Å². The molecule has 34 heavy (non-hydrogen) atoms. The van der Waals surface area contributed by atoms with E-state index in [0.717, 1.165) is 23.3 Å². The largest absolute Gasteiger partial charge is 0.475 e. The van der Waals surface area contributed by atoms with Crippen LogP contribution in [0.1, 0.15) is 89.2 Å². The van der Waals surface area contributed by atoms with Crippen molar-refractivity contribution < 1.29 is 13.5 Å². The van der Waals surface area contributed by atoms with Crippen molar-refractivity contribution in [3.05, 3.63) is 59.2 Å². The van der Waals surface area contributed by atoms with Crippen LogP contribution in [0.3, 0.4) is 0 Å². The molecule has 2 saturated carbocycles. The highest BCUT2D eigenvalue weighted by atomic mass is 19.1. The molecule has 4 unspecified atom stereocenters. The number of hydrogen-bond acceptors (Lipinski definition) is 2. The fraction of sp³-hybridized carbons (Fsp3) is 0.567. The molecule has 2 nitrogen and oxygen atoms in total. The van der Waals surface area contributed by atoms with Gasteiger partial charge in [0.05, 0.1) is 5.54 Å². The summed E-state index contributed by atoms with van der Waals surface area (Å²) in [5, 5.41) is 0. The summed E-state index contributed by atoms with van der Waals surface area (Å²) >= 11 is 0. The maximum absolute atomic E-state index is 14.9. The van der Waals surface area contributed by atoms with E-state index in [1.54, 1.807) is 0 Å². The summed E-state index contributed by atoms with van der Waals surface area (Å²) in [6.45, 7) is 6.40. The lowest BCUT2D eigenvalue weighted by Crippen LogP contribution is -2.30. The van der Waals surface area contributed by atoms with Crippen molar-refractivity contribution in [1.29, 1.82) is 0 Å². The van der Waals surface area contributed by atoms with Crippen LogP contribution < -0.4 is 0 Å². The molecule has 0 radical (unpaired) electrons. The summed E-state index contributed by atoms with van der Waals surface area (Å²) in [6.07, 6.45) is 10.8. The van der Waals surface area contributed by atoms with Gasteiger partial charge in [-0.25, -0.2) is 13.8 Å². The van der Waals surface area contributed by atoms with Crippen molar-refractivity contribution in [3.63, 3.8) is 0 Å². The van der Waals surface area contributed by atoms with Gasteiger partial charge in [0.15, 0.2) is 0 Å². The second kappa shape index (κ2) is 9.43. The summed E-state index contributed by atoms with van der Waals surface area (Å²) in [6, 6.07) is 11.1. The Kier molecular flexibility index (Phi) is 6.52. The predicted octanol–water partition coefficient (Wildman–Crippen LogP) is 8.29. The van der Waals surface area contributed by atoms with E-state index in [1.165, 1.54) is 69.1 Å². The molecule has 182 valence electrons. The number of nitrogens with zero attached hydrogens (tertiary/aromatic N) is 1. The van der Waals surface area contributed by atoms with Gasteiger partial charge in [-0.15, -0.1) is 0 Å². The first kappa shape index (κ1) is 23.5. The number of rotatable bonds is 5. The molecule has 0 bridgehead atoms. The molecule has 0 aromatic heterocycles. The maximum atomic E-state index is 14.9.